The van der Waals surface area contributed by atoms with E-state index in [1.54, 1.807) is 26.0 Å². The molecule has 0 aromatic heterocycles. The number of thioether (sulfide) groups is 2. The summed E-state index contributed by atoms with van der Waals surface area (Å²) < 4.78 is 10.8. The lowest BCUT2D eigenvalue weighted by Crippen LogP contribution is -2.07. The molecule has 1 N–H and O–H groups in total. The zero-order valence-electron chi connectivity index (χ0n) is 16.3. The molecule has 148 valence electrons. The van der Waals surface area contributed by atoms with Crippen LogP contribution in [-0.2, 0) is 6.42 Å². The van der Waals surface area contributed by atoms with Gasteiger partial charge in [-0.2, -0.15) is 0 Å². The van der Waals surface area contributed by atoms with Gasteiger partial charge in [0.15, 0.2) is 17.0 Å². The number of nitrogens with zero attached hydrogens (tertiary/aromatic N) is 1. The molecule has 0 bridgehead atoms. The molecule has 0 radical (unpaired) electrons. The van der Waals surface area contributed by atoms with Gasteiger partial charge in [-0.05, 0) is 36.6 Å². The van der Waals surface area contributed by atoms with Crippen molar-refractivity contribution in [3.63, 3.8) is 0 Å². The molecule has 1 atom stereocenters. The smallest absolute Gasteiger partial charge is 0.170 e. The Bertz CT molecular complexity index is 817. The fourth-order valence-electron chi connectivity index (χ4n) is 3.62. The van der Waals surface area contributed by atoms with E-state index in [0.29, 0.717) is 0 Å². The number of nitrogens with one attached hydrogen (secondary N) is 1. The Morgan fingerprint density at radius 2 is 1.93 bits per heavy atom. The van der Waals surface area contributed by atoms with E-state index in [9.17, 15) is 0 Å². The lowest BCUT2D eigenvalue weighted by molar-refractivity contribution is 0.354. The van der Waals surface area contributed by atoms with Crippen molar-refractivity contribution in [3.05, 3.63) is 42.0 Å². The molecule has 28 heavy (non-hydrogen) atoms. The van der Waals surface area contributed by atoms with Crippen LogP contribution in [-0.4, -0.2) is 31.2 Å². The maximum atomic E-state index is 5.39. The highest BCUT2D eigenvalue weighted by Crippen LogP contribution is 2.45. The molecule has 4 rings (SSSR count). The molecule has 1 unspecified atom stereocenters. The Balaban J connectivity index is 1.35. The molecule has 4 nitrogen and oxygen atoms in total. The van der Waals surface area contributed by atoms with Gasteiger partial charge in [-0.3, -0.25) is 4.99 Å². The fourth-order valence-corrected chi connectivity index (χ4v) is 5.94. The molecule has 0 spiro atoms. The van der Waals surface area contributed by atoms with Gasteiger partial charge in [0.05, 0.1) is 19.9 Å². The Kier molecular flexibility index (Phi) is 6.37. The first kappa shape index (κ1) is 19.5. The van der Waals surface area contributed by atoms with Gasteiger partial charge in [-0.15, -0.1) is 11.8 Å². The molecule has 2 aromatic rings. The zero-order valence-corrected chi connectivity index (χ0v) is 17.9. The van der Waals surface area contributed by atoms with Crippen molar-refractivity contribution in [1.82, 2.24) is 0 Å². The number of fused-ring (bicyclic) bond motifs is 1. The average Bonchev–Trinajstić information content (AvgIpc) is 3.36. The van der Waals surface area contributed by atoms with Crippen molar-refractivity contribution in [2.75, 3.05) is 19.5 Å². The number of benzene rings is 2. The number of anilines is 1. The molecule has 0 saturated heterocycles. The van der Waals surface area contributed by atoms with Crippen LogP contribution >= 0.6 is 23.5 Å². The maximum Gasteiger partial charge on any atom is 0.170 e. The van der Waals surface area contributed by atoms with Gasteiger partial charge in [-0.25, -0.2) is 0 Å². The standard InChI is InChI=1S/C22H26N2O2S2/c1-25-19-13-18-21(14-20(19)26-2)28-22(24-18)23-11-10-15-6-5-9-17(12-15)27-16-7-3-4-8-16/h5-6,9,11-14,16,22,24H,3-4,7-8,10H2,1-2H3/b23-11+. The zero-order chi connectivity index (χ0) is 19.3. The third kappa shape index (κ3) is 4.61. The summed E-state index contributed by atoms with van der Waals surface area (Å²) in [7, 11) is 3.31. The summed E-state index contributed by atoms with van der Waals surface area (Å²) in [4.78, 5) is 7.24. The molecule has 6 heteroatoms. The van der Waals surface area contributed by atoms with E-state index < -0.39 is 0 Å². The van der Waals surface area contributed by atoms with E-state index in [1.807, 2.05) is 30.1 Å². The molecule has 2 aliphatic rings. The highest BCUT2D eigenvalue weighted by molar-refractivity contribution is 8.00. The van der Waals surface area contributed by atoms with E-state index >= 15 is 0 Å². The number of hydrogen-bond donors (Lipinski definition) is 1. The van der Waals surface area contributed by atoms with Crippen molar-refractivity contribution in [3.8, 4) is 11.5 Å². The largest absolute Gasteiger partial charge is 0.493 e. The number of hydrogen-bond acceptors (Lipinski definition) is 6. The Labute approximate surface area is 175 Å². The Morgan fingerprint density at radius 3 is 2.71 bits per heavy atom. The molecule has 1 saturated carbocycles. The molecule has 1 fully saturated rings. The minimum absolute atomic E-state index is 0.0112. The summed E-state index contributed by atoms with van der Waals surface area (Å²) in [6, 6.07) is 12.9. The summed E-state index contributed by atoms with van der Waals surface area (Å²) in [5, 5.41) is 4.23. The van der Waals surface area contributed by atoms with Crippen LogP contribution in [0.2, 0.25) is 0 Å². The minimum atomic E-state index is -0.0112. The highest BCUT2D eigenvalue weighted by Gasteiger charge is 2.23. The summed E-state index contributed by atoms with van der Waals surface area (Å²) in [6.45, 7) is 0. The monoisotopic (exact) mass is 414 g/mol. The van der Waals surface area contributed by atoms with Gasteiger partial charge in [0.1, 0.15) is 0 Å². The number of aliphatic imine (C=N–C) groups is 1. The first-order valence-corrected chi connectivity index (χ1v) is 11.5. The van der Waals surface area contributed by atoms with Gasteiger partial charge in [0.2, 0.25) is 0 Å². The average molecular weight is 415 g/mol. The molecule has 1 heterocycles. The topological polar surface area (TPSA) is 42.9 Å². The molecular formula is C22H26N2O2S2. The number of methoxy groups -OCH3 is 2. The van der Waals surface area contributed by atoms with Crippen molar-refractivity contribution in [1.29, 1.82) is 0 Å². The number of rotatable bonds is 7. The summed E-state index contributed by atoms with van der Waals surface area (Å²) in [5.41, 5.74) is 2.35. The van der Waals surface area contributed by atoms with E-state index in [2.05, 4.69) is 29.6 Å². The Hall–Kier alpha value is -1.79. The summed E-state index contributed by atoms with van der Waals surface area (Å²) in [6.07, 6.45) is 8.35. The fraction of sp³-hybridized carbons (Fsp3) is 0.409. The van der Waals surface area contributed by atoms with Crippen molar-refractivity contribution in [2.45, 2.75) is 52.6 Å². The van der Waals surface area contributed by atoms with Crippen LogP contribution in [0.1, 0.15) is 31.2 Å². The van der Waals surface area contributed by atoms with Crippen LogP contribution < -0.4 is 14.8 Å². The van der Waals surface area contributed by atoms with Crippen LogP contribution in [0.4, 0.5) is 5.69 Å². The first-order valence-electron chi connectivity index (χ1n) is 9.71. The van der Waals surface area contributed by atoms with Crippen LogP contribution in [0.25, 0.3) is 0 Å². The van der Waals surface area contributed by atoms with Crippen molar-refractivity contribution < 1.29 is 9.47 Å². The van der Waals surface area contributed by atoms with Crippen LogP contribution in [0.3, 0.4) is 0 Å². The van der Waals surface area contributed by atoms with Crippen LogP contribution in [0.15, 0.2) is 51.2 Å². The van der Waals surface area contributed by atoms with Crippen LogP contribution in [0.5, 0.6) is 11.5 Å². The second-order valence-electron chi connectivity index (χ2n) is 7.03. The molecule has 1 aliphatic heterocycles. The maximum absolute atomic E-state index is 5.39. The van der Waals surface area contributed by atoms with E-state index in [4.69, 9.17) is 14.5 Å². The molecule has 2 aromatic carbocycles. The van der Waals surface area contributed by atoms with Gasteiger partial charge < -0.3 is 14.8 Å². The van der Waals surface area contributed by atoms with E-state index in [-0.39, 0.29) is 5.50 Å². The van der Waals surface area contributed by atoms with E-state index in [1.165, 1.54) is 36.1 Å². The third-order valence-electron chi connectivity index (χ3n) is 5.07. The molecular weight excluding hydrogens is 388 g/mol. The minimum Gasteiger partial charge on any atom is -0.493 e. The van der Waals surface area contributed by atoms with Gasteiger partial charge in [0.25, 0.3) is 0 Å². The van der Waals surface area contributed by atoms with Gasteiger partial charge in [-0.1, -0.05) is 36.7 Å². The SMILES string of the molecule is COc1cc2c(cc1OC)SC(/N=C/Cc1cccc(SC3CCCC3)c1)N2. The predicted molar refractivity (Wildman–Crippen MR) is 120 cm³/mol. The van der Waals surface area contributed by atoms with Crippen molar-refractivity contribution >= 4 is 35.4 Å². The summed E-state index contributed by atoms with van der Waals surface area (Å²) >= 11 is 3.73. The molecule has 1 aliphatic carbocycles. The normalized spacial score (nSPS) is 19.0. The van der Waals surface area contributed by atoms with Gasteiger partial charge >= 0.3 is 0 Å². The lowest BCUT2D eigenvalue weighted by atomic mass is 10.2. The van der Waals surface area contributed by atoms with Gasteiger partial charge in [0, 0.05) is 33.7 Å². The third-order valence-corrected chi connectivity index (χ3v) is 7.46. The number of ether oxygens (including phenoxy) is 2. The molecule has 0 amide bonds. The Morgan fingerprint density at radius 1 is 1.14 bits per heavy atom. The second-order valence-corrected chi connectivity index (χ2v) is 9.52. The van der Waals surface area contributed by atoms with Crippen molar-refractivity contribution in [2.24, 2.45) is 4.99 Å². The summed E-state index contributed by atoms with van der Waals surface area (Å²) in [5.74, 6) is 1.48. The first-order chi connectivity index (χ1) is 13.7. The lowest BCUT2D eigenvalue weighted by Gasteiger charge is -2.09. The highest BCUT2D eigenvalue weighted by atomic mass is 32.2. The van der Waals surface area contributed by atoms with E-state index in [0.717, 1.165) is 33.8 Å². The predicted octanol–water partition coefficient (Wildman–Crippen LogP) is 5.85. The quantitative estimate of drug-likeness (QED) is 0.575. The second kappa shape index (κ2) is 9.14. The van der Waals surface area contributed by atoms with Crippen LogP contribution in [0, 0.1) is 0 Å².